The summed E-state index contributed by atoms with van der Waals surface area (Å²) >= 11 is 0. The highest BCUT2D eigenvalue weighted by atomic mass is 16.1. The van der Waals surface area contributed by atoms with Crippen LogP contribution in [-0.2, 0) is 20.0 Å². The molecule has 0 aromatic carbocycles. The number of imidazole rings is 2. The first-order chi connectivity index (χ1) is 7.72. The molecular formula is C11H14N4O. The lowest BCUT2D eigenvalue weighted by atomic mass is 10.2. The van der Waals surface area contributed by atoms with E-state index in [4.69, 9.17) is 0 Å². The molecule has 0 bridgehead atoms. The molecule has 0 aliphatic carbocycles. The van der Waals surface area contributed by atoms with Crippen molar-refractivity contribution in [2.75, 3.05) is 0 Å². The number of carbonyl (C=O) groups excluding carboxylic acids is 1. The smallest absolute Gasteiger partial charge is 0.205 e. The van der Waals surface area contributed by atoms with E-state index in [-0.39, 0.29) is 5.78 Å². The molecule has 0 fully saturated rings. The minimum absolute atomic E-state index is 0.00611. The van der Waals surface area contributed by atoms with E-state index in [0.29, 0.717) is 12.2 Å². The Morgan fingerprint density at radius 2 is 2.06 bits per heavy atom. The van der Waals surface area contributed by atoms with Crippen LogP contribution in [0, 0.1) is 0 Å². The number of hydrogen-bond donors (Lipinski definition) is 0. The van der Waals surface area contributed by atoms with Gasteiger partial charge in [0.05, 0.1) is 6.42 Å². The van der Waals surface area contributed by atoms with Crippen LogP contribution in [0.3, 0.4) is 0 Å². The molecule has 0 N–H and O–H groups in total. The largest absolute Gasteiger partial charge is 0.335 e. The van der Waals surface area contributed by atoms with Crippen LogP contribution in [0.25, 0.3) is 0 Å². The first kappa shape index (κ1) is 10.6. The highest BCUT2D eigenvalue weighted by molar-refractivity contribution is 5.93. The van der Waals surface area contributed by atoms with Crippen molar-refractivity contribution in [2.24, 2.45) is 7.05 Å². The fraction of sp³-hybridized carbons (Fsp3) is 0.364. The zero-order valence-electron chi connectivity index (χ0n) is 9.42. The standard InChI is InChI=1S/C11H14N4O/c1-3-15-7-5-12-10(15)8-9(16)11-13-4-6-14(11)2/h4-7H,3,8H2,1-2H3. The summed E-state index contributed by atoms with van der Waals surface area (Å²) in [7, 11) is 1.81. The van der Waals surface area contributed by atoms with Crippen molar-refractivity contribution in [3.63, 3.8) is 0 Å². The maximum atomic E-state index is 11.9. The number of Topliss-reactive ketones (excluding diaryl/α,β-unsaturated/α-hetero) is 1. The molecule has 0 spiro atoms. The minimum atomic E-state index is -0.00611. The zero-order chi connectivity index (χ0) is 11.5. The molecule has 5 heteroatoms. The van der Waals surface area contributed by atoms with E-state index in [2.05, 4.69) is 9.97 Å². The van der Waals surface area contributed by atoms with Gasteiger partial charge in [-0.2, -0.15) is 0 Å². The summed E-state index contributed by atoms with van der Waals surface area (Å²) < 4.78 is 3.68. The van der Waals surface area contributed by atoms with Crippen LogP contribution in [0.4, 0.5) is 0 Å². The predicted octanol–water partition coefficient (Wildman–Crippen LogP) is 1.06. The van der Waals surface area contributed by atoms with Crippen LogP contribution < -0.4 is 0 Å². The molecule has 2 aromatic heterocycles. The maximum Gasteiger partial charge on any atom is 0.205 e. The Morgan fingerprint density at radius 1 is 1.31 bits per heavy atom. The lowest BCUT2D eigenvalue weighted by molar-refractivity contribution is 0.0977. The van der Waals surface area contributed by atoms with Crippen LogP contribution >= 0.6 is 0 Å². The van der Waals surface area contributed by atoms with Gasteiger partial charge in [-0.15, -0.1) is 0 Å². The van der Waals surface area contributed by atoms with Gasteiger partial charge in [-0.3, -0.25) is 4.79 Å². The topological polar surface area (TPSA) is 52.7 Å². The van der Waals surface area contributed by atoms with Crippen molar-refractivity contribution in [2.45, 2.75) is 19.9 Å². The Bertz CT molecular complexity index is 498. The summed E-state index contributed by atoms with van der Waals surface area (Å²) in [5.41, 5.74) is 0. The lowest BCUT2D eigenvalue weighted by Crippen LogP contribution is -2.13. The van der Waals surface area contributed by atoms with E-state index < -0.39 is 0 Å². The first-order valence-electron chi connectivity index (χ1n) is 5.23. The number of carbonyl (C=O) groups is 1. The Labute approximate surface area is 93.8 Å². The van der Waals surface area contributed by atoms with Gasteiger partial charge in [0.15, 0.2) is 5.82 Å². The molecule has 16 heavy (non-hydrogen) atoms. The van der Waals surface area contributed by atoms with Crippen LogP contribution in [-0.4, -0.2) is 24.9 Å². The average molecular weight is 218 g/mol. The van der Waals surface area contributed by atoms with E-state index in [0.717, 1.165) is 12.4 Å². The van der Waals surface area contributed by atoms with Gasteiger partial charge in [0.25, 0.3) is 0 Å². The number of ketones is 1. The van der Waals surface area contributed by atoms with Crippen LogP contribution in [0.2, 0.25) is 0 Å². The summed E-state index contributed by atoms with van der Waals surface area (Å²) in [4.78, 5) is 20.1. The fourth-order valence-corrected chi connectivity index (χ4v) is 1.65. The van der Waals surface area contributed by atoms with E-state index in [1.807, 2.05) is 24.7 Å². The van der Waals surface area contributed by atoms with Crippen LogP contribution in [0.1, 0.15) is 23.4 Å². The van der Waals surface area contributed by atoms with Crippen LogP contribution in [0.5, 0.6) is 0 Å². The van der Waals surface area contributed by atoms with Crippen LogP contribution in [0.15, 0.2) is 24.8 Å². The SMILES string of the molecule is CCn1ccnc1CC(=O)c1nccn1C. The normalized spacial score (nSPS) is 10.6. The van der Waals surface area contributed by atoms with E-state index in [1.165, 1.54) is 0 Å². The molecule has 2 rings (SSSR count). The van der Waals surface area contributed by atoms with Gasteiger partial charge < -0.3 is 9.13 Å². The monoisotopic (exact) mass is 218 g/mol. The molecule has 0 saturated heterocycles. The summed E-state index contributed by atoms with van der Waals surface area (Å²) in [6, 6.07) is 0. The molecule has 5 nitrogen and oxygen atoms in total. The predicted molar refractivity (Wildman–Crippen MR) is 59.1 cm³/mol. The summed E-state index contributed by atoms with van der Waals surface area (Å²) in [6.07, 6.45) is 7.27. The highest BCUT2D eigenvalue weighted by Crippen LogP contribution is 2.04. The van der Waals surface area contributed by atoms with Crippen molar-refractivity contribution < 1.29 is 4.79 Å². The third-order valence-electron chi connectivity index (χ3n) is 2.53. The van der Waals surface area contributed by atoms with Crippen molar-refractivity contribution >= 4 is 5.78 Å². The van der Waals surface area contributed by atoms with Gasteiger partial charge in [0, 0.05) is 38.4 Å². The molecule has 84 valence electrons. The van der Waals surface area contributed by atoms with Gasteiger partial charge in [-0.05, 0) is 6.92 Å². The third kappa shape index (κ3) is 1.88. The van der Waals surface area contributed by atoms with Gasteiger partial charge in [-0.25, -0.2) is 9.97 Å². The third-order valence-corrected chi connectivity index (χ3v) is 2.53. The Kier molecular flexibility index (Phi) is 2.85. The highest BCUT2D eigenvalue weighted by Gasteiger charge is 2.14. The fourth-order valence-electron chi connectivity index (χ4n) is 1.65. The number of hydrogen-bond acceptors (Lipinski definition) is 3. The first-order valence-corrected chi connectivity index (χ1v) is 5.23. The van der Waals surface area contributed by atoms with Crippen molar-refractivity contribution in [1.29, 1.82) is 0 Å². The second-order valence-corrected chi connectivity index (χ2v) is 3.59. The molecule has 2 heterocycles. The Balaban J connectivity index is 2.17. The molecule has 0 radical (unpaired) electrons. The number of aryl methyl sites for hydroxylation is 2. The van der Waals surface area contributed by atoms with E-state index in [1.54, 1.807) is 23.2 Å². The number of aromatic nitrogens is 4. The lowest BCUT2D eigenvalue weighted by Gasteiger charge is -2.03. The van der Waals surface area contributed by atoms with E-state index in [9.17, 15) is 4.79 Å². The Morgan fingerprint density at radius 3 is 2.69 bits per heavy atom. The summed E-state index contributed by atoms with van der Waals surface area (Å²) in [6.45, 7) is 2.85. The molecule has 0 unspecified atom stereocenters. The Hall–Kier alpha value is -1.91. The van der Waals surface area contributed by atoms with Crippen molar-refractivity contribution in [3.8, 4) is 0 Å². The molecular weight excluding hydrogens is 204 g/mol. The molecule has 0 amide bonds. The molecule has 2 aromatic rings. The average Bonchev–Trinajstić information content (AvgIpc) is 2.86. The quantitative estimate of drug-likeness (QED) is 0.721. The second-order valence-electron chi connectivity index (χ2n) is 3.59. The van der Waals surface area contributed by atoms with Crippen molar-refractivity contribution in [3.05, 3.63) is 36.4 Å². The van der Waals surface area contributed by atoms with Gasteiger partial charge in [0.2, 0.25) is 5.78 Å². The van der Waals surface area contributed by atoms with E-state index >= 15 is 0 Å². The number of nitrogens with zero attached hydrogens (tertiary/aromatic N) is 4. The van der Waals surface area contributed by atoms with Crippen molar-refractivity contribution in [1.82, 2.24) is 19.1 Å². The second kappa shape index (κ2) is 4.30. The maximum absolute atomic E-state index is 11.9. The van der Waals surface area contributed by atoms with Gasteiger partial charge in [0.1, 0.15) is 5.82 Å². The molecule has 0 saturated carbocycles. The minimum Gasteiger partial charge on any atom is -0.335 e. The summed E-state index contributed by atoms with van der Waals surface area (Å²) in [5, 5.41) is 0. The van der Waals surface area contributed by atoms with Gasteiger partial charge >= 0.3 is 0 Å². The molecule has 0 atom stereocenters. The number of rotatable bonds is 4. The molecule has 0 aliphatic rings. The summed E-state index contributed by atoms with van der Waals surface area (Å²) in [5.74, 6) is 1.26. The van der Waals surface area contributed by atoms with Gasteiger partial charge in [-0.1, -0.05) is 0 Å². The molecule has 0 aliphatic heterocycles. The zero-order valence-corrected chi connectivity index (χ0v) is 9.42.